The third-order valence-electron chi connectivity index (χ3n) is 5.12. The summed E-state index contributed by atoms with van der Waals surface area (Å²) in [6.07, 6.45) is 0. The van der Waals surface area contributed by atoms with Crippen LogP contribution in [-0.4, -0.2) is 41.5 Å². The lowest BCUT2D eigenvalue weighted by molar-refractivity contribution is 0.0709. The van der Waals surface area contributed by atoms with Crippen LogP contribution < -0.4 is 11.1 Å². The number of amides is 1. The number of carbonyl (C=O) groups is 1. The van der Waals surface area contributed by atoms with E-state index in [-0.39, 0.29) is 5.91 Å². The number of aromatic nitrogens is 1. The maximum absolute atomic E-state index is 12.9. The molecule has 6 heteroatoms. The molecule has 4 rings (SSSR count). The lowest BCUT2D eigenvalue weighted by atomic mass is 10.0. The highest BCUT2D eigenvalue weighted by Gasteiger charge is 2.22. The molecule has 0 saturated carbocycles. The molecule has 0 spiro atoms. The van der Waals surface area contributed by atoms with E-state index >= 15 is 0 Å². The Morgan fingerprint density at radius 3 is 2.93 bits per heavy atom. The van der Waals surface area contributed by atoms with Crippen molar-refractivity contribution in [3.05, 3.63) is 64.7 Å². The molecule has 1 aromatic heterocycles. The van der Waals surface area contributed by atoms with Crippen LogP contribution in [0.1, 0.15) is 22.8 Å². The van der Waals surface area contributed by atoms with Gasteiger partial charge in [-0.15, -0.1) is 0 Å². The van der Waals surface area contributed by atoms with Gasteiger partial charge in [0, 0.05) is 48.7 Å². The molecule has 1 fully saturated rings. The van der Waals surface area contributed by atoms with Crippen LogP contribution in [0.3, 0.4) is 0 Å². The Hall–Kier alpha value is -2.47. The Bertz CT molecular complexity index is 1040. The zero-order valence-electron chi connectivity index (χ0n) is 15.8. The molecule has 1 aliphatic rings. The molecular weight excluding hydrogens is 372 g/mol. The number of halogens is 1. The predicted molar refractivity (Wildman–Crippen MR) is 113 cm³/mol. The number of benzene rings is 2. The number of nitrogens with two attached hydrogens (primary N) is 1. The van der Waals surface area contributed by atoms with Crippen molar-refractivity contribution in [3.63, 3.8) is 0 Å². The van der Waals surface area contributed by atoms with Crippen molar-refractivity contribution in [2.45, 2.75) is 19.5 Å². The summed E-state index contributed by atoms with van der Waals surface area (Å²) < 4.78 is 0. The second-order valence-corrected chi connectivity index (χ2v) is 7.64. The Morgan fingerprint density at radius 2 is 2.14 bits per heavy atom. The second kappa shape index (κ2) is 7.87. The van der Waals surface area contributed by atoms with Crippen LogP contribution in [-0.2, 0) is 6.54 Å². The predicted octanol–water partition coefficient (Wildman–Crippen LogP) is 3.45. The van der Waals surface area contributed by atoms with Gasteiger partial charge in [-0.1, -0.05) is 35.9 Å². The number of rotatable bonds is 3. The van der Waals surface area contributed by atoms with Crippen molar-refractivity contribution in [3.8, 4) is 11.3 Å². The number of nitrogens with one attached hydrogen (secondary N) is 1. The molecule has 0 bridgehead atoms. The minimum Gasteiger partial charge on any atom is -0.336 e. The molecule has 5 nitrogen and oxygen atoms in total. The van der Waals surface area contributed by atoms with Gasteiger partial charge < -0.3 is 16.0 Å². The van der Waals surface area contributed by atoms with E-state index in [1.165, 1.54) is 0 Å². The molecule has 144 valence electrons. The fourth-order valence-corrected chi connectivity index (χ4v) is 3.89. The molecule has 1 atom stereocenters. The molecule has 1 aliphatic heterocycles. The summed E-state index contributed by atoms with van der Waals surface area (Å²) in [6.45, 7) is 4.78. The normalized spacial score (nSPS) is 17.1. The maximum Gasteiger partial charge on any atom is 0.254 e. The fraction of sp³-hybridized carbons (Fsp3) is 0.273. The SMILES string of the molecule is C[C@@H]1CN(C(=O)c2ccc3c(Cl)cc(-c4cccc(CN)c4)nc3c2)CCN1. The third-order valence-corrected chi connectivity index (χ3v) is 5.43. The van der Waals surface area contributed by atoms with Crippen molar-refractivity contribution >= 4 is 28.4 Å². The lowest BCUT2D eigenvalue weighted by Gasteiger charge is -2.32. The maximum atomic E-state index is 12.9. The van der Waals surface area contributed by atoms with Crippen LogP contribution in [0.2, 0.25) is 5.02 Å². The zero-order valence-corrected chi connectivity index (χ0v) is 16.5. The summed E-state index contributed by atoms with van der Waals surface area (Å²) in [5.41, 5.74) is 9.88. The summed E-state index contributed by atoms with van der Waals surface area (Å²) >= 11 is 6.52. The fourth-order valence-electron chi connectivity index (χ4n) is 3.62. The molecular formula is C22H23ClN4O. The van der Waals surface area contributed by atoms with E-state index in [9.17, 15) is 4.79 Å². The summed E-state index contributed by atoms with van der Waals surface area (Å²) in [4.78, 5) is 19.6. The zero-order chi connectivity index (χ0) is 19.7. The smallest absolute Gasteiger partial charge is 0.254 e. The molecule has 3 N–H and O–H groups in total. The largest absolute Gasteiger partial charge is 0.336 e. The van der Waals surface area contributed by atoms with Gasteiger partial charge in [0.15, 0.2) is 0 Å². The van der Waals surface area contributed by atoms with Gasteiger partial charge in [-0.2, -0.15) is 0 Å². The van der Waals surface area contributed by atoms with Gasteiger partial charge in [-0.3, -0.25) is 4.79 Å². The molecule has 1 saturated heterocycles. The van der Waals surface area contributed by atoms with Crippen molar-refractivity contribution in [1.29, 1.82) is 0 Å². The van der Waals surface area contributed by atoms with Gasteiger partial charge in [0.1, 0.15) is 0 Å². The molecule has 0 radical (unpaired) electrons. The number of nitrogens with zero attached hydrogens (tertiary/aromatic N) is 2. The summed E-state index contributed by atoms with van der Waals surface area (Å²) in [6, 6.07) is 15.7. The highest BCUT2D eigenvalue weighted by molar-refractivity contribution is 6.35. The number of piperazine rings is 1. The van der Waals surface area contributed by atoms with Gasteiger partial charge in [-0.25, -0.2) is 4.98 Å². The number of hydrogen-bond donors (Lipinski definition) is 2. The Balaban J connectivity index is 1.72. The van der Waals surface area contributed by atoms with Crippen LogP contribution in [0.5, 0.6) is 0 Å². The van der Waals surface area contributed by atoms with Crippen molar-refractivity contribution in [2.75, 3.05) is 19.6 Å². The van der Waals surface area contributed by atoms with Crippen molar-refractivity contribution in [1.82, 2.24) is 15.2 Å². The topological polar surface area (TPSA) is 71.2 Å². The Morgan fingerprint density at radius 1 is 1.29 bits per heavy atom. The summed E-state index contributed by atoms with van der Waals surface area (Å²) in [5.74, 6) is 0.0312. The lowest BCUT2D eigenvalue weighted by Crippen LogP contribution is -2.51. The first kappa shape index (κ1) is 18.9. The number of carbonyl (C=O) groups excluding carboxylic acids is 1. The number of hydrogen-bond acceptors (Lipinski definition) is 4. The summed E-state index contributed by atoms with van der Waals surface area (Å²) in [7, 11) is 0. The van der Waals surface area contributed by atoms with Gasteiger partial charge in [0.2, 0.25) is 0 Å². The van der Waals surface area contributed by atoms with Gasteiger partial charge in [0.25, 0.3) is 5.91 Å². The minimum absolute atomic E-state index is 0.0312. The molecule has 3 aromatic rings. The van der Waals surface area contributed by atoms with E-state index in [1.54, 1.807) is 0 Å². The van der Waals surface area contributed by atoms with Crippen LogP contribution in [0, 0.1) is 0 Å². The first-order chi connectivity index (χ1) is 13.5. The van der Waals surface area contributed by atoms with E-state index < -0.39 is 0 Å². The third kappa shape index (κ3) is 3.74. The minimum atomic E-state index is 0.0312. The molecule has 0 unspecified atom stereocenters. The van der Waals surface area contributed by atoms with Crippen molar-refractivity contribution in [2.24, 2.45) is 5.73 Å². The Kier molecular flexibility index (Phi) is 5.31. The van der Waals surface area contributed by atoms with Crippen LogP contribution in [0.25, 0.3) is 22.2 Å². The van der Waals surface area contributed by atoms with E-state index in [0.717, 1.165) is 34.3 Å². The summed E-state index contributed by atoms with van der Waals surface area (Å²) in [5, 5.41) is 4.81. The standard InChI is InChI=1S/C22H23ClN4O/c1-14-13-27(8-7-25-14)22(28)17-5-6-18-19(23)11-20(26-21(18)10-17)16-4-2-3-15(9-16)12-24/h2-6,9-11,14,25H,7-8,12-13,24H2,1H3/t14-/m1/s1. The molecule has 0 aliphatic carbocycles. The monoisotopic (exact) mass is 394 g/mol. The highest BCUT2D eigenvalue weighted by atomic mass is 35.5. The van der Waals surface area contributed by atoms with E-state index in [4.69, 9.17) is 22.3 Å². The number of fused-ring (bicyclic) bond motifs is 1. The van der Waals surface area contributed by atoms with Crippen LogP contribution in [0.4, 0.5) is 0 Å². The quantitative estimate of drug-likeness (QED) is 0.713. The van der Waals surface area contributed by atoms with Gasteiger partial charge in [-0.05, 0) is 36.8 Å². The highest BCUT2D eigenvalue weighted by Crippen LogP contribution is 2.29. The van der Waals surface area contributed by atoms with Crippen molar-refractivity contribution < 1.29 is 4.79 Å². The molecule has 1 amide bonds. The molecule has 28 heavy (non-hydrogen) atoms. The van der Waals surface area contributed by atoms with E-state index in [1.807, 2.05) is 53.4 Å². The second-order valence-electron chi connectivity index (χ2n) is 7.23. The average molecular weight is 395 g/mol. The van der Waals surface area contributed by atoms with Gasteiger partial charge in [0.05, 0.1) is 16.2 Å². The molecule has 2 aromatic carbocycles. The average Bonchev–Trinajstić information content (AvgIpc) is 2.72. The van der Waals surface area contributed by atoms with Gasteiger partial charge >= 0.3 is 0 Å². The molecule has 2 heterocycles. The first-order valence-electron chi connectivity index (χ1n) is 9.47. The van der Waals surface area contributed by atoms with E-state index in [2.05, 4.69) is 12.2 Å². The first-order valence-corrected chi connectivity index (χ1v) is 9.85. The van der Waals surface area contributed by atoms with E-state index in [0.29, 0.717) is 36.3 Å². The number of pyridine rings is 1. The van der Waals surface area contributed by atoms with Crippen LogP contribution in [0.15, 0.2) is 48.5 Å². The van der Waals surface area contributed by atoms with Crippen LogP contribution >= 0.6 is 11.6 Å². The Labute approximate surface area is 169 Å².